The molecule has 0 radical (unpaired) electrons. The molecule has 0 aromatic heterocycles. The number of benzene rings is 1. The minimum absolute atomic E-state index is 0.0324. The van der Waals surface area contributed by atoms with Crippen LogP contribution in [0, 0.1) is 46.3 Å². The van der Waals surface area contributed by atoms with Gasteiger partial charge in [-0.2, -0.15) is 0 Å². The first-order valence-corrected chi connectivity index (χ1v) is 15.2. The van der Waals surface area contributed by atoms with E-state index < -0.39 is 0 Å². The molecule has 0 saturated heterocycles. The highest BCUT2D eigenvalue weighted by Gasteiger charge is 2.59. The summed E-state index contributed by atoms with van der Waals surface area (Å²) < 4.78 is 6.00. The van der Waals surface area contributed by atoms with Crippen molar-refractivity contribution < 1.29 is 9.53 Å². The average Bonchev–Trinajstić information content (AvgIpc) is 3.22. The molecular formula is C34H50O2. The van der Waals surface area contributed by atoms with Crippen LogP contribution in [0.3, 0.4) is 0 Å². The number of esters is 1. The van der Waals surface area contributed by atoms with Crippen molar-refractivity contribution in [3.63, 3.8) is 0 Å². The van der Waals surface area contributed by atoms with Crippen LogP contribution in [0.4, 0.5) is 0 Å². The molecule has 0 bridgehead atoms. The van der Waals surface area contributed by atoms with Gasteiger partial charge in [0.05, 0.1) is 5.56 Å². The van der Waals surface area contributed by atoms with E-state index in [1.807, 2.05) is 30.3 Å². The van der Waals surface area contributed by atoms with E-state index >= 15 is 0 Å². The Labute approximate surface area is 220 Å². The minimum atomic E-state index is -0.161. The van der Waals surface area contributed by atoms with E-state index in [1.54, 1.807) is 5.57 Å². The van der Waals surface area contributed by atoms with Crippen LogP contribution in [0.5, 0.6) is 0 Å². The van der Waals surface area contributed by atoms with Gasteiger partial charge in [0.1, 0.15) is 6.10 Å². The minimum Gasteiger partial charge on any atom is -0.458 e. The van der Waals surface area contributed by atoms with Crippen molar-refractivity contribution in [3.8, 4) is 0 Å². The van der Waals surface area contributed by atoms with Gasteiger partial charge in [-0.1, -0.05) is 83.7 Å². The third-order valence-corrected chi connectivity index (χ3v) is 11.5. The first-order valence-electron chi connectivity index (χ1n) is 15.2. The lowest BCUT2D eigenvalue weighted by atomic mass is 9.47. The van der Waals surface area contributed by atoms with Crippen LogP contribution < -0.4 is 0 Å². The standard InChI is InChI=1S/C34H50O2/c1-23(2)10-9-11-24(3)29-16-17-30-28-15-14-26-22-27(36-32(35)25-12-7-6-8-13-25)18-20-33(26,4)31(28)19-21-34(29,30)5/h6-8,12-14,23-24,27-31H,9-11,15-22H2,1-5H3/t24-,27+,28+,29?,30+,31+,33+,34-/m1/s1. The molecule has 1 aromatic carbocycles. The second-order valence-corrected chi connectivity index (χ2v) is 13.9. The molecule has 4 aliphatic carbocycles. The third kappa shape index (κ3) is 4.71. The van der Waals surface area contributed by atoms with Gasteiger partial charge in [0.2, 0.25) is 0 Å². The predicted molar refractivity (Wildman–Crippen MR) is 149 cm³/mol. The van der Waals surface area contributed by atoms with Crippen molar-refractivity contribution in [2.24, 2.45) is 46.3 Å². The number of carbonyl (C=O) groups is 1. The van der Waals surface area contributed by atoms with E-state index in [0.29, 0.717) is 16.4 Å². The van der Waals surface area contributed by atoms with E-state index in [1.165, 1.54) is 57.8 Å². The summed E-state index contributed by atoms with van der Waals surface area (Å²) in [6.07, 6.45) is 17.0. The smallest absolute Gasteiger partial charge is 0.338 e. The lowest BCUT2D eigenvalue weighted by Gasteiger charge is -2.58. The lowest BCUT2D eigenvalue weighted by molar-refractivity contribution is -0.0594. The van der Waals surface area contributed by atoms with Crippen LogP contribution >= 0.6 is 0 Å². The van der Waals surface area contributed by atoms with E-state index in [4.69, 9.17) is 4.74 Å². The first-order chi connectivity index (χ1) is 17.2. The van der Waals surface area contributed by atoms with Crippen LogP contribution in [-0.4, -0.2) is 12.1 Å². The second-order valence-electron chi connectivity index (χ2n) is 13.9. The van der Waals surface area contributed by atoms with Gasteiger partial charge in [-0.05, 0) is 103 Å². The summed E-state index contributed by atoms with van der Waals surface area (Å²) in [6.45, 7) is 12.6. The molecule has 3 fully saturated rings. The zero-order valence-corrected chi connectivity index (χ0v) is 23.6. The van der Waals surface area contributed by atoms with Gasteiger partial charge < -0.3 is 4.74 Å². The summed E-state index contributed by atoms with van der Waals surface area (Å²) in [5, 5.41) is 0. The topological polar surface area (TPSA) is 26.3 Å². The molecule has 8 atom stereocenters. The molecule has 0 amide bonds. The summed E-state index contributed by atoms with van der Waals surface area (Å²) in [4.78, 5) is 12.7. The van der Waals surface area contributed by atoms with Crippen LogP contribution in [0.1, 0.15) is 116 Å². The summed E-state index contributed by atoms with van der Waals surface area (Å²) >= 11 is 0. The Morgan fingerprint density at radius 3 is 2.50 bits per heavy atom. The molecule has 198 valence electrons. The number of hydrogen-bond donors (Lipinski definition) is 0. The fourth-order valence-electron chi connectivity index (χ4n) is 9.55. The Kier molecular flexibility index (Phi) is 7.45. The van der Waals surface area contributed by atoms with E-state index in [-0.39, 0.29) is 12.1 Å². The van der Waals surface area contributed by atoms with Crippen molar-refractivity contribution in [3.05, 3.63) is 47.5 Å². The van der Waals surface area contributed by atoms with Crippen LogP contribution in [0.15, 0.2) is 42.0 Å². The van der Waals surface area contributed by atoms with Gasteiger partial charge >= 0.3 is 5.97 Å². The highest BCUT2D eigenvalue weighted by atomic mass is 16.5. The summed E-state index contributed by atoms with van der Waals surface area (Å²) in [5.74, 6) is 5.03. The Bertz CT molecular complexity index is 947. The molecule has 4 aliphatic rings. The number of rotatable bonds is 7. The summed E-state index contributed by atoms with van der Waals surface area (Å²) in [6, 6.07) is 9.49. The Balaban J connectivity index is 1.25. The molecule has 0 spiro atoms. The van der Waals surface area contributed by atoms with Crippen molar-refractivity contribution >= 4 is 5.97 Å². The highest BCUT2D eigenvalue weighted by molar-refractivity contribution is 5.89. The maximum atomic E-state index is 12.7. The number of allylic oxidation sites excluding steroid dienone is 1. The SMILES string of the molecule is CC(C)CCC[C@@H](C)C1CC[C@H]2[C@@H]3CC=C4C[C@@H](OC(=O)c5ccccc5)CC[C@]4(C)[C@H]3CC[C@]12C. The maximum absolute atomic E-state index is 12.7. The third-order valence-electron chi connectivity index (χ3n) is 11.5. The van der Waals surface area contributed by atoms with E-state index in [0.717, 1.165) is 48.3 Å². The van der Waals surface area contributed by atoms with Crippen molar-refractivity contribution in [1.82, 2.24) is 0 Å². The fraction of sp³-hybridized carbons (Fsp3) is 0.735. The molecule has 0 N–H and O–H groups in total. The predicted octanol–water partition coefficient (Wildman–Crippen LogP) is 9.25. The molecular weight excluding hydrogens is 440 g/mol. The van der Waals surface area contributed by atoms with Crippen molar-refractivity contribution in [1.29, 1.82) is 0 Å². The lowest BCUT2D eigenvalue weighted by Crippen LogP contribution is -2.51. The Morgan fingerprint density at radius 1 is 0.972 bits per heavy atom. The van der Waals surface area contributed by atoms with E-state index in [9.17, 15) is 4.79 Å². The van der Waals surface area contributed by atoms with Crippen molar-refractivity contribution in [2.45, 2.75) is 111 Å². The average molecular weight is 491 g/mol. The van der Waals surface area contributed by atoms with Gasteiger partial charge in [0.15, 0.2) is 0 Å². The fourth-order valence-corrected chi connectivity index (χ4v) is 9.55. The highest BCUT2D eigenvalue weighted by Crippen LogP contribution is 2.67. The van der Waals surface area contributed by atoms with Gasteiger partial charge in [0.25, 0.3) is 0 Å². The summed E-state index contributed by atoms with van der Waals surface area (Å²) in [7, 11) is 0. The molecule has 5 rings (SSSR count). The molecule has 36 heavy (non-hydrogen) atoms. The Hall–Kier alpha value is -1.57. The Morgan fingerprint density at radius 2 is 1.75 bits per heavy atom. The maximum Gasteiger partial charge on any atom is 0.338 e. The monoisotopic (exact) mass is 490 g/mol. The molecule has 0 heterocycles. The van der Waals surface area contributed by atoms with E-state index in [2.05, 4.69) is 40.7 Å². The first kappa shape index (κ1) is 26.1. The number of ether oxygens (including phenoxy) is 1. The zero-order valence-electron chi connectivity index (χ0n) is 23.6. The molecule has 0 aliphatic heterocycles. The van der Waals surface area contributed by atoms with Gasteiger partial charge in [-0.15, -0.1) is 0 Å². The molecule has 3 saturated carbocycles. The molecule has 1 unspecified atom stereocenters. The largest absolute Gasteiger partial charge is 0.458 e. The van der Waals surface area contributed by atoms with Crippen LogP contribution in [0.2, 0.25) is 0 Å². The number of carbonyl (C=O) groups excluding carboxylic acids is 1. The quantitative estimate of drug-likeness (QED) is 0.281. The van der Waals surface area contributed by atoms with Gasteiger partial charge in [-0.3, -0.25) is 0 Å². The van der Waals surface area contributed by atoms with Gasteiger partial charge in [-0.25, -0.2) is 4.79 Å². The van der Waals surface area contributed by atoms with Crippen molar-refractivity contribution in [2.75, 3.05) is 0 Å². The molecule has 2 heteroatoms. The zero-order chi connectivity index (χ0) is 25.5. The number of hydrogen-bond acceptors (Lipinski definition) is 2. The van der Waals surface area contributed by atoms with Gasteiger partial charge in [0, 0.05) is 6.42 Å². The normalized spacial score (nSPS) is 38.5. The van der Waals surface area contributed by atoms with Crippen LogP contribution in [-0.2, 0) is 4.74 Å². The molecule has 2 nitrogen and oxygen atoms in total. The van der Waals surface area contributed by atoms with Crippen LogP contribution in [0.25, 0.3) is 0 Å². The number of fused-ring (bicyclic) bond motifs is 5. The molecule has 1 aromatic rings. The summed E-state index contributed by atoms with van der Waals surface area (Å²) in [5.41, 5.74) is 3.12. The second kappa shape index (κ2) is 10.3.